The summed E-state index contributed by atoms with van der Waals surface area (Å²) in [7, 11) is 2.23. The van der Waals surface area contributed by atoms with Gasteiger partial charge in [-0.05, 0) is 76.1 Å². The van der Waals surface area contributed by atoms with Crippen LogP contribution in [-0.2, 0) is 11.3 Å². The maximum Gasteiger partial charge on any atom is 0.271 e. The molecule has 35 heavy (non-hydrogen) atoms. The van der Waals surface area contributed by atoms with E-state index in [1.54, 1.807) is 11.3 Å². The van der Waals surface area contributed by atoms with Gasteiger partial charge in [0.2, 0.25) is 5.91 Å². The van der Waals surface area contributed by atoms with E-state index in [4.69, 9.17) is 0 Å². The van der Waals surface area contributed by atoms with E-state index in [9.17, 15) is 9.59 Å². The van der Waals surface area contributed by atoms with Crippen molar-refractivity contribution in [2.45, 2.75) is 102 Å². The smallest absolute Gasteiger partial charge is 0.271 e. The average molecular weight is 499 g/mol. The van der Waals surface area contributed by atoms with Gasteiger partial charge in [-0.25, -0.2) is 0 Å². The van der Waals surface area contributed by atoms with Gasteiger partial charge in [0.1, 0.15) is 11.2 Å². The van der Waals surface area contributed by atoms with E-state index in [-0.39, 0.29) is 17.9 Å². The lowest BCUT2D eigenvalue weighted by atomic mass is 9.85. The summed E-state index contributed by atoms with van der Waals surface area (Å²) in [5, 5.41) is 5.46. The first-order valence-corrected chi connectivity index (χ1v) is 14.7. The number of aromatic nitrogens is 1. The summed E-state index contributed by atoms with van der Waals surface area (Å²) in [5.74, 6) is 0.487. The molecule has 3 unspecified atom stereocenters. The first kappa shape index (κ1) is 24.8. The molecule has 2 fully saturated rings. The minimum Gasteiger partial charge on any atom is -0.351 e. The molecule has 7 heteroatoms. The van der Waals surface area contributed by atoms with Gasteiger partial charge >= 0.3 is 0 Å². The third kappa shape index (κ3) is 4.78. The van der Waals surface area contributed by atoms with Gasteiger partial charge in [0, 0.05) is 18.6 Å². The van der Waals surface area contributed by atoms with Gasteiger partial charge in [-0.3, -0.25) is 9.59 Å². The molecule has 5 rings (SSSR count). The normalized spacial score (nSPS) is 28.0. The minimum atomic E-state index is -0.890. The molecule has 2 saturated carbocycles. The largest absolute Gasteiger partial charge is 0.351 e. The standard InChI is InChI=1S/C28H42N4O2S/c1-20-10-7-8-13-22(20)29-27(34)28(2)19-31-23-14-17-35-25(23)18-24(31)26(33)32(28)16-9-15-30(3)21-11-5-4-6-12-21/h14,17-18,20-22H,4-13,15-16,19H2,1-3H3,(H,29,34). The molecule has 3 aliphatic rings. The van der Waals surface area contributed by atoms with Crippen LogP contribution in [0.15, 0.2) is 17.5 Å². The lowest BCUT2D eigenvalue weighted by molar-refractivity contribution is -0.134. The zero-order chi connectivity index (χ0) is 24.6. The highest BCUT2D eigenvalue weighted by Gasteiger charge is 2.48. The van der Waals surface area contributed by atoms with Crippen molar-refractivity contribution in [3.63, 3.8) is 0 Å². The molecular formula is C28H42N4O2S. The highest BCUT2D eigenvalue weighted by molar-refractivity contribution is 7.17. The molecule has 1 aliphatic heterocycles. The summed E-state index contributed by atoms with van der Waals surface area (Å²) in [4.78, 5) is 32.1. The van der Waals surface area contributed by atoms with Crippen LogP contribution in [-0.4, -0.2) is 63.9 Å². The van der Waals surface area contributed by atoms with Gasteiger partial charge in [-0.2, -0.15) is 0 Å². The maximum absolute atomic E-state index is 13.9. The van der Waals surface area contributed by atoms with Crippen molar-refractivity contribution in [1.82, 2.24) is 19.7 Å². The average Bonchev–Trinajstić information content (AvgIpc) is 3.45. The van der Waals surface area contributed by atoms with Crippen LogP contribution in [0.3, 0.4) is 0 Å². The molecule has 6 nitrogen and oxygen atoms in total. The second-order valence-corrected chi connectivity index (χ2v) is 12.4. The number of fused-ring (bicyclic) bond motifs is 3. The predicted octanol–water partition coefficient (Wildman–Crippen LogP) is 5.27. The van der Waals surface area contributed by atoms with Crippen molar-refractivity contribution in [2.75, 3.05) is 20.1 Å². The Bertz CT molecular complexity index is 1050. The summed E-state index contributed by atoms with van der Waals surface area (Å²) in [6.45, 7) is 6.32. The molecule has 1 N–H and O–H groups in total. The van der Waals surface area contributed by atoms with Gasteiger partial charge in [0.15, 0.2) is 0 Å². The fourth-order valence-corrected chi connectivity index (χ4v) is 7.48. The second-order valence-electron chi connectivity index (χ2n) is 11.5. The molecule has 3 atom stereocenters. The van der Waals surface area contributed by atoms with E-state index in [0.29, 0.717) is 25.0 Å². The molecule has 3 heterocycles. The van der Waals surface area contributed by atoms with Crippen LogP contribution in [0.1, 0.15) is 88.5 Å². The van der Waals surface area contributed by atoms with Crippen LogP contribution in [0.2, 0.25) is 0 Å². The number of carbonyl (C=O) groups excluding carboxylic acids is 2. The van der Waals surface area contributed by atoms with Crippen LogP contribution in [0, 0.1) is 5.92 Å². The van der Waals surface area contributed by atoms with Crippen molar-refractivity contribution in [3.05, 3.63) is 23.2 Å². The van der Waals surface area contributed by atoms with E-state index in [1.807, 2.05) is 17.9 Å². The molecule has 0 radical (unpaired) electrons. The van der Waals surface area contributed by atoms with Gasteiger partial charge in [-0.1, -0.05) is 39.0 Å². The lowest BCUT2D eigenvalue weighted by Gasteiger charge is -2.45. The first-order chi connectivity index (χ1) is 16.9. The molecule has 2 aromatic rings. The lowest BCUT2D eigenvalue weighted by Crippen LogP contribution is -2.65. The monoisotopic (exact) mass is 498 g/mol. The molecule has 2 amide bonds. The number of nitrogens with one attached hydrogen (secondary N) is 1. The Morgan fingerprint density at radius 3 is 2.69 bits per heavy atom. The molecule has 2 aliphatic carbocycles. The van der Waals surface area contributed by atoms with Gasteiger partial charge in [-0.15, -0.1) is 11.3 Å². The van der Waals surface area contributed by atoms with Crippen molar-refractivity contribution in [2.24, 2.45) is 5.92 Å². The Morgan fingerprint density at radius 2 is 1.91 bits per heavy atom. The van der Waals surface area contributed by atoms with E-state index in [1.165, 1.54) is 44.9 Å². The molecule has 0 aromatic carbocycles. The van der Waals surface area contributed by atoms with Crippen molar-refractivity contribution in [1.29, 1.82) is 0 Å². The highest BCUT2D eigenvalue weighted by atomic mass is 32.1. The zero-order valence-corrected chi connectivity index (χ0v) is 22.5. The molecule has 0 spiro atoms. The number of nitrogens with zero attached hydrogens (tertiary/aromatic N) is 3. The number of amides is 2. The second kappa shape index (κ2) is 10.3. The van der Waals surface area contributed by atoms with Crippen molar-refractivity contribution in [3.8, 4) is 0 Å². The predicted molar refractivity (Wildman–Crippen MR) is 143 cm³/mol. The van der Waals surface area contributed by atoms with Crippen molar-refractivity contribution < 1.29 is 9.59 Å². The van der Waals surface area contributed by atoms with E-state index < -0.39 is 5.54 Å². The number of hydrogen-bond donors (Lipinski definition) is 1. The highest BCUT2D eigenvalue weighted by Crippen LogP contribution is 2.35. The third-order valence-electron chi connectivity index (χ3n) is 9.06. The summed E-state index contributed by atoms with van der Waals surface area (Å²) in [5.41, 5.74) is 0.905. The maximum atomic E-state index is 13.9. The Morgan fingerprint density at radius 1 is 1.17 bits per heavy atom. The topological polar surface area (TPSA) is 57.6 Å². The SMILES string of the molecule is CC1CCCCC1NC(=O)C1(C)Cn2c(cc3sccc32)C(=O)N1CCCN(C)C1CCCCC1. The summed E-state index contributed by atoms with van der Waals surface area (Å²) >= 11 is 1.66. The molecular weight excluding hydrogens is 456 g/mol. The van der Waals surface area contributed by atoms with Crippen LogP contribution in [0.25, 0.3) is 10.2 Å². The summed E-state index contributed by atoms with van der Waals surface area (Å²) in [6, 6.07) is 4.96. The zero-order valence-electron chi connectivity index (χ0n) is 21.7. The first-order valence-electron chi connectivity index (χ1n) is 13.8. The van der Waals surface area contributed by atoms with Crippen LogP contribution < -0.4 is 5.32 Å². The third-order valence-corrected chi connectivity index (χ3v) is 9.91. The summed E-state index contributed by atoms with van der Waals surface area (Å²) in [6.07, 6.45) is 12.1. The van der Waals surface area contributed by atoms with Crippen molar-refractivity contribution >= 4 is 33.4 Å². The molecule has 2 aromatic heterocycles. The Hall–Kier alpha value is -1.86. The van der Waals surface area contributed by atoms with Gasteiger partial charge in [0.25, 0.3) is 5.91 Å². The Kier molecular flexibility index (Phi) is 7.27. The van der Waals surface area contributed by atoms with E-state index in [2.05, 4.69) is 40.2 Å². The quantitative estimate of drug-likeness (QED) is 0.566. The fourth-order valence-electron chi connectivity index (χ4n) is 6.66. The molecule has 0 saturated heterocycles. The number of hydrogen-bond acceptors (Lipinski definition) is 4. The number of rotatable bonds is 7. The minimum absolute atomic E-state index is 0.00527. The van der Waals surface area contributed by atoms with Crippen LogP contribution >= 0.6 is 11.3 Å². The summed E-state index contributed by atoms with van der Waals surface area (Å²) < 4.78 is 3.21. The van der Waals surface area contributed by atoms with Gasteiger partial charge < -0.3 is 19.7 Å². The Balaban J connectivity index is 1.36. The Labute approximate surface area is 214 Å². The van der Waals surface area contributed by atoms with Gasteiger partial charge in [0.05, 0.1) is 16.8 Å². The molecule has 0 bridgehead atoms. The van der Waals surface area contributed by atoms with E-state index in [0.717, 1.165) is 41.7 Å². The molecule has 192 valence electrons. The van der Waals surface area contributed by atoms with Crippen LogP contribution in [0.4, 0.5) is 0 Å². The number of carbonyl (C=O) groups is 2. The number of thiophene rings is 1. The fraction of sp³-hybridized carbons (Fsp3) is 0.714. The van der Waals surface area contributed by atoms with E-state index >= 15 is 0 Å². The van der Waals surface area contributed by atoms with Crippen LogP contribution in [0.5, 0.6) is 0 Å².